The van der Waals surface area contributed by atoms with Gasteiger partial charge >= 0.3 is 0 Å². The molecule has 0 saturated heterocycles. The first-order chi connectivity index (χ1) is 5.77. The average molecular weight is 272 g/mol. The van der Waals surface area contributed by atoms with E-state index in [0.29, 0.717) is 0 Å². The summed E-state index contributed by atoms with van der Waals surface area (Å²) in [4.78, 5) is 0. The number of halogens is 1. The molecule has 1 aromatic carbocycles. The largest absolute Gasteiger partial charge is 0.270 e. The molecule has 62 valence electrons. The molecule has 0 radical (unpaired) electrons. The molecule has 0 saturated carbocycles. The summed E-state index contributed by atoms with van der Waals surface area (Å²) in [6, 6.07) is 7.73. The minimum Gasteiger partial charge on any atom is -0.270 e. The summed E-state index contributed by atoms with van der Waals surface area (Å²) < 4.78 is 1.18. The van der Waals surface area contributed by atoms with Crippen LogP contribution in [0, 0.1) is 15.9 Å². The predicted molar refractivity (Wildman–Crippen MR) is 58.1 cm³/mol. The third kappa shape index (κ3) is 2.21. The van der Waals surface area contributed by atoms with E-state index in [1.54, 1.807) is 0 Å². The Morgan fingerprint density at radius 1 is 1.42 bits per heavy atom. The summed E-state index contributed by atoms with van der Waals surface area (Å²) in [5.41, 5.74) is 3.56. The molecule has 0 spiro atoms. The first-order valence-corrected chi connectivity index (χ1v) is 4.53. The second kappa shape index (κ2) is 4.45. The van der Waals surface area contributed by atoms with E-state index >= 15 is 0 Å². The zero-order chi connectivity index (χ0) is 8.97. The fourth-order valence-electron chi connectivity index (χ4n) is 0.896. The number of nitrogens with two attached hydrogens (primary N) is 1. The first-order valence-electron chi connectivity index (χ1n) is 3.45. The number of nitrogens with one attached hydrogen (secondary N) is 1. The number of terminal acetylenes is 1. The number of hydrazine groups is 1. The molecule has 1 atom stereocenters. The first kappa shape index (κ1) is 9.52. The van der Waals surface area contributed by atoms with Crippen LogP contribution in [0.25, 0.3) is 0 Å². The lowest BCUT2D eigenvalue weighted by Crippen LogP contribution is -2.26. The molecule has 0 aliphatic carbocycles. The van der Waals surface area contributed by atoms with Crippen molar-refractivity contribution in [3.05, 3.63) is 33.4 Å². The molecule has 12 heavy (non-hydrogen) atoms. The zero-order valence-electron chi connectivity index (χ0n) is 6.42. The van der Waals surface area contributed by atoms with Gasteiger partial charge in [-0.15, -0.1) is 6.42 Å². The second-order valence-corrected chi connectivity index (χ2v) is 3.56. The van der Waals surface area contributed by atoms with Crippen LogP contribution in [0.1, 0.15) is 11.6 Å². The van der Waals surface area contributed by atoms with E-state index in [1.165, 1.54) is 3.57 Å². The van der Waals surface area contributed by atoms with Crippen molar-refractivity contribution in [1.29, 1.82) is 0 Å². The average Bonchev–Trinajstić information content (AvgIpc) is 2.10. The maximum absolute atomic E-state index is 5.26. The minimum atomic E-state index is -0.193. The Labute approximate surface area is 85.6 Å². The highest BCUT2D eigenvalue weighted by Crippen LogP contribution is 2.13. The lowest BCUT2D eigenvalue weighted by Gasteiger charge is -2.08. The summed E-state index contributed by atoms with van der Waals surface area (Å²) in [6.07, 6.45) is 5.26. The lowest BCUT2D eigenvalue weighted by molar-refractivity contribution is 0.673. The molecule has 0 aliphatic heterocycles. The topological polar surface area (TPSA) is 38.0 Å². The van der Waals surface area contributed by atoms with Gasteiger partial charge in [-0.05, 0) is 40.3 Å². The van der Waals surface area contributed by atoms with Gasteiger partial charge in [0.05, 0.1) is 0 Å². The van der Waals surface area contributed by atoms with Gasteiger partial charge in [-0.3, -0.25) is 5.84 Å². The molecule has 1 unspecified atom stereocenters. The zero-order valence-corrected chi connectivity index (χ0v) is 8.58. The summed E-state index contributed by atoms with van der Waals surface area (Å²) in [5, 5.41) is 0. The van der Waals surface area contributed by atoms with Crippen molar-refractivity contribution in [3.8, 4) is 12.3 Å². The summed E-state index contributed by atoms with van der Waals surface area (Å²) >= 11 is 2.24. The molecule has 0 bridgehead atoms. The Morgan fingerprint density at radius 2 is 2.00 bits per heavy atom. The van der Waals surface area contributed by atoms with Gasteiger partial charge in [-0.1, -0.05) is 18.1 Å². The third-order valence-corrected chi connectivity index (χ3v) is 2.26. The van der Waals surface area contributed by atoms with Crippen molar-refractivity contribution in [2.45, 2.75) is 6.04 Å². The van der Waals surface area contributed by atoms with Crippen LogP contribution in [0.2, 0.25) is 0 Å². The van der Waals surface area contributed by atoms with E-state index in [4.69, 9.17) is 12.3 Å². The maximum atomic E-state index is 5.26. The quantitative estimate of drug-likeness (QED) is 0.370. The Balaban J connectivity index is 2.89. The molecule has 0 aromatic heterocycles. The molecule has 0 amide bonds. The minimum absolute atomic E-state index is 0.193. The highest BCUT2D eigenvalue weighted by molar-refractivity contribution is 14.1. The van der Waals surface area contributed by atoms with Gasteiger partial charge in [0.1, 0.15) is 6.04 Å². The van der Waals surface area contributed by atoms with Gasteiger partial charge in [-0.2, -0.15) is 0 Å². The highest BCUT2D eigenvalue weighted by Gasteiger charge is 2.03. The lowest BCUT2D eigenvalue weighted by atomic mass is 10.1. The van der Waals surface area contributed by atoms with E-state index in [0.717, 1.165) is 5.56 Å². The predicted octanol–water partition coefficient (Wildman–Crippen LogP) is 1.43. The highest BCUT2D eigenvalue weighted by atomic mass is 127. The SMILES string of the molecule is C#CC(NN)c1ccc(I)cc1. The summed E-state index contributed by atoms with van der Waals surface area (Å²) in [5.74, 6) is 7.81. The van der Waals surface area contributed by atoms with Crippen LogP contribution in [-0.2, 0) is 0 Å². The summed E-state index contributed by atoms with van der Waals surface area (Å²) in [7, 11) is 0. The fourth-order valence-corrected chi connectivity index (χ4v) is 1.26. The second-order valence-electron chi connectivity index (χ2n) is 2.32. The van der Waals surface area contributed by atoms with Gasteiger partial charge < -0.3 is 0 Å². The number of hydrogen-bond donors (Lipinski definition) is 2. The Morgan fingerprint density at radius 3 is 2.42 bits per heavy atom. The Hall–Kier alpha value is -0.570. The van der Waals surface area contributed by atoms with Gasteiger partial charge in [-0.25, -0.2) is 5.43 Å². The summed E-state index contributed by atoms with van der Waals surface area (Å²) in [6.45, 7) is 0. The van der Waals surface area contributed by atoms with E-state index in [2.05, 4.69) is 33.9 Å². The van der Waals surface area contributed by atoms with Crippen molar-refractivity contribution in [1.82, 2.24) is 5.43 Å². The molecule has 3 N–H and O–H groups in total. The molecular weight excluding hydrogens is 263 g/mol. The molecule has 0 fully saturated rings. The van der Waals surface area contributed by atoms with Crippen molar-refractivity contribution >= 4 is 22.6 Å². The van der Waals surface area contributed by atoms with E-state index < -0.39 is 0 Å². The molecule has 0 aliphatic rings. The number of rotatable bonds is 2. The Kier molecular flexibility index (Phi) is 3.53. The molecule has 2 nitrogen and oxygen atoms in total. The number of benzene rings is 1. The van der Waals surface area contributed by atoms with Gasteiger partial charge in [0.2, 0.25) is 0 Å². The molecular formula is C9H9IN2. The molecule has 0 heterocycles. The van der Waals surface area contributed by atoms with Crippen LogP contribution in [0.15, 0.2) is 24.3 Å². The normalized spacial score (nSPS) is 12.1. The number of hydrogen-bond acceptors (Lipinski definition) is 2. The van der Waals surface area contributed by atoms with Crippen LogP contribution < -0.4 is 11.3 Å². The monoisotopic (exact) mass is 272 g/mol. The van der Waals surface area contributed by atoms with Gasteiger partial charge in [0.25, 0.3) is 0 Å². The smallest absolute Gasteiger partial charge is 0.106 e. The Bertz CT molecular complexity index is 286. The van der Waals surface area contributed by atoms with Crippen molar-refractivity contribution in [2.24, 2.45) is 5.84 Å². The van der Waals surface area contributed by atoms with Crippen molar-refractivity contribution < 1.29 is 0 Å². The van der Waals surface area contributed by atoms with E-state index in [9.17, 15) is 0 Å². The van der Waals surface area contributed by atoms with Crippen molar-refractivity contribution in [3.63, 3.8) is 0 Å². The van der Waals surface area contributed by atoms with Crippen molar-refractivity contribution in [2.75, 3.05) is 0 Å². The molecule has 3 heteroatoms. The fraction of sp³-hybridized carbons (Fsp3) is 0.111. The van der Waals surface area contributed by atoms with Crippen LogP contribution in [0.3, 0.4) is 0 Å². The molecule has 1 aromatic rings. The maximum Gasteiger partial charge on any atom is 0.106 e. The van der Waals surface area contributed by atoms with E-state index in [1.807, 2.05) is 24.3 Å². The standard InChI is InChI=1S/C9H9IN2/c1-2-9(12-11)7-3-5-8(10)6-4-7/h1,3-6,9,12H,11H2. The van der Waals surface area contributed by atoms with Crippen LogP contribution in [0.5, 0.6) is 0 Å². The van der Waals surface area contributed by atoms with Crippen LogP contribution >= 0.6 is 22.6 Å². The van der Waals surface area contributed by atoms with Crippen LogP contribution in [0.4, 0.5) is 0 Å². The van der Waals surface area contributed by atoms with Gasteiger partial charge in [0, 0.05) is 3.57 Å². The molecule has 1 rings (SSSR count). The van der Waals surface area contributed by atoms with Crippen LogP contribution in [-0.4, -0.2) is 0 Å². The van der Waals surface area contributed by atoms with E-state index in [-0.39, 0.29) is 6.04 Å². The third-order valence-electron chi connectivity index (χ3n) is 1.54. The van der Waals surface area contributed by atoms with Gasteiger partial charge in [0.15, 0.2) is 0 Å².